The second-order valence-corrected chi connectivity index (χ2v) is 7.84. The van der Waals surface area contributed by atoms with Crippen molar-refractivity contribution in [2.45, 2.75) is 52.5 Å². The van der Waals surface area contributed by atoms with Crippen LogP contribution in [0.1, 0.15) is 61.0 Å². The minimum atomic E-state index is -0.261. The van der Waals surface area contributed by atoms with Crippen LogP contribution in [0.15, 0.2) is 23.2 Å². The molecule has 0 aromatic heterocycles. The largest absolute Gasteiger partial charge is 0.383 e. The molecule has 1 aliphatic heterocycles. The van der Waals surface area contributed by atoms with Crippen LogP contribution in [0.3, 0.4) is 0 Å². The topological polar surface area (TPSA) is 71.2 Å². The van der Waals surface area contributed by atoms with E-state index in [-0.39, 0.29) is 5.91 Å². The summed E-state index contributed by atoms with van der Waals surface area (Å²) in [5.74, 6) is 0.503. The zero-order chi connectivity index (χ0) is 20.7. The summed E-state index contributed by atoms with van der Waals surface area (Å²) in [6.45, 7) is 12.8. The molecule has 1 aliphatic rings. The molecule has 1 aromatic carbocycles. The molecule has 0 aliphatic carbocycles. The Hall–Kier alpha value is -1.92. The van der Waals surface area contributed by atoms with Gasteiger partial charge in [-0.1, -0.05) is 32.9 Å². The highest BCUT2D eigenvalue weighted by atomic mass is 16.5. The number of hydrogen-bond acceptors (Lipinski definition) is 3. The van der Waals surface area contributed by atoms with E-state index in [0.717, 1.165) is 51.2 Å². The van der Waals surface area contributed by atoms with E-state index >= 15 is 0 Å². The molecule has 0 unspecified atom stereocenters. The van der Waals surface area contributed by atoms with Crippen LogP contribution in [-0.4, -0.2) is 67.6 Å². The fourth-order valence-corrected chi connectivity index (χ4v) is 3.79. The fraction of sp³-hybridized carbons (Fsp3) is 0.636. The summed E-state index contributed by atoms with van der Waals surface area (Å²) < 4.78 is 5.21. The number of nitrogens with two attached hydrogens (primary N) is 1. The average molecular weight is 389 g/mol. The molecule has 1 saturated heterocycles. The van der Waals surface area contributed by atoms with E-state index in [0.29, 0.717) is 23.5 Å². The van der Waals surface area contributed by atoms with Crippen LogP contribution in [0, 0.1) is 6.92 Å². The van der Waals surface area contributed by atoms with E-state index in [9.17, 15) is 4.79 Å². The Balaban J connectivity index is 1.98. The summed E-state index contributed by atoms with van der Waals surface area (Å²) >= 11 is 0. The van der Waals surface area contributed by atoms with Gasteiger partial charge in [0, 0.05) is 38.3 Å². The molecule has 1 fully saturated rings. The lowest BCUT2D eigenvalue weighted by atomic mass is 9.98. The van der Waals surface area contributed by atoms with Crippen LogP contribution in [-0.2, 0) is 4.74 Å². The van der Waals surface area contributed by atoms with Crippen molar-refractivity contribution in [3.8, 4) is 0 Å². The van der Waals surface area contributed by atoms with Gasteiger partial charge in [-0.3, -0.25) is 9.69 Å². The molecule has 1 heterocycles. The van der Waals surface area contributed by atoms with Gasteiger partial charge >= 0.3 is 0 Å². The van der Waals surface area contributed by atoms with Crippen molar-refractivity contribution in [1.29, 1.82) is 0 Å². The van der Waals surface area contributed by atoms with Crippen LogP contribution >= 0.6 is 0 Å². The molecule has 0 bridgehead atoms. The number of rotatable bonds is 7. The van der Waals surface area contributed by atoms with Crippen molar-refractivity contribution < 1.29 is 9.53 Å². The van der Waals surface area contributed by atoms with Gasteiger partial charge in [-0.25, -0.2) is 0 Å². The number of likely N-dealkylation sites (tertiary alicyclic amines) is 1. The van der Waals surface area contributed by atoms with Gasteiger partial charge in [-0.15, -0.1) is 0 Å². The summed E-state index contributed by atoms with van der Waals surface area (Å²) in [5, 5.41) is 0. The molecule has 2 rings (SSSR count). The number of aliphatic imine (C=N–C) groups is 1. The number of piperidine rings is 1. The van der Waals surface area contributed by atoms with Crippen LogP contribution in [0.4, 0.5) is 0 Å². The third-order valence-electron chi connectivity index (χ3n) is 5.66. The number of benzene rings is 1. The quantitative estimate of drug-likeness (QED) is 0.574. The zero-order valence-electron chi connectivity index (χ0n) is 18.1. The standard InChI is InChI=1S/C22H36N4O2/c1-6-25(13-14-28-5)19-9-11-26(12-10-19)22(23)24-21(27)20-8-7-18(16(2)3)15-17(20)4/h7-8,15-16,19H,6,9-14H2,1-5H3,(H2,23,24,27). The molecule has 0 spiro atoms. The van der Waals surface area contributed by atoms with E-state index in [1.165, 1.54) is 5.56 Å². The molecule has 0 saturated carbocycles. The lowest BCUT2D eigenvalue weighted by Crippen LogP contribution is -2.49. The van der Waals surface area contributed by atoms with Crippen molar-refractivity contribution in [3.05, 3.63) is 34.9 Å². The molecule has 0 atom stereocenters. The van der Waals surface area contributed by atoms with Crippen LogP contribution < -0.4 is 5.73 Å². The number of aryl methyl sites for hydroxylation is 1. The second kappa shape index (κ2) is 10.6. The van der Waals surface area contributed by atoms with E-state index in [1.807, 2.05) is 24.0 Å². The summed E-state index contributed by atoms with van der Waals surface area (Å²) in [5.41, 5.74) is 8.97. The summed E-state index contributed by atoms with van der Waals surface area (Å²) in [4.78, 5) is 21.3. The number of carbonyl (C=O) groups excluding carboxylic acids is 1. The highest BCUT2D eigenvalue weighted by Gasteiger charge is 2.25. The Labute approximate surface area is 169 Å². The summed E-state index contributed by atoms with van der Waals surface area (Å²) in [6, 6.07) is 6.46. The first-order chi connectivity index (χ1) is 13.4. The molecule has 28 heavy (non-hydrogen) atoms. The zero-order valence-corrected chi connectivity index (χ0v) is 18.1. The molecular weight excluding hydrogens is 352 g/mol. The van der Waals surface area contributed by atoms with Crippen LogP contribution in [0.2, 0.25) is 0 Å². The molecule has 6 heteroatoms. The fourth-order valence-electron chi connectivity index (χ4n) is 3.79. The number of nitrogens with zero attached hydrogens (tertiary/aromatic N) is 3. The van der Waals surface area contributed by atoms with Crippen molar-refractivity contribution in [3.63, 3.8) is 0 Å². The molecule has 0 radical (unpaired) electrons. The summed E-state index contributed by atoms with van der Waals surface area (Å²) in [6.07, 6.45) is 2.04. The third kappa shape index (κ3) is 5.79. The van der Waals surface area contributed by atoms with Gasteiger partial charge in [0.25, 0.3) is 5.91 Å². The predicted octanol–water partition coefficient (Wildman–Crippen LogP) is 3.01. The van der Waals surface area contributed by atoms with Crippen molar-refractivity contribution >= 4 is 11.9 Å². The first kappa shape index (κ1) is 22.4. The van der Waals surface area contributed by atoms with Gasteiger partial charge < -0.3 is 15.4 Å². The van der Waals surface area contributed by atoms with Crippen molar-refractivity contribution in [1.82, 2.24) is 9.80 Å². The SMILES string of the molecule is CCN(CCOC)C1CCN(C(N)=NC(=O)c2ccc(C(C)C)cc2C)CC1. The predicted molar refractivity (Wildman–Crippen MR) is 115 cm³/mol. The van der Waals surface area contributed by atoms with Gasteiger partial charge in [0.1, 0.15) is 0 Å². The monoisotopic (exact) mass is 388 g/mol. The minimum Gasteiger partial charge on any atom is -0.383 e. The van der Waals surface area contributed by atoms with Gasteiger partial charge in [-0.2, -0.15) is 4.99 Å². The van der Waals surface area contributed by atoms with E-state index in [4.69, 9.17) is 10.5 Å². The normalized spacial score (nSPS) is 16.2. The maximum atomic E-state index is 12.6. The van der Waals surface area contributed by atoms with Crippen LogP contribution in [0.25, 0.3) is 0 Å². The van der Waals surface area contributed by atoms with Crippen LogP contribution in [0.5, 0.6) is 0 Å². The molecule has 1 amide bonds. The number of methoxy groups -OCH3 is 1. The molecule has 1 aromatic rings. The minimum absolute atomic E-state index is 0.261. The second-order valence-electron chi connectivity index (χ2n) is 7.84. The van der Waals surface area contributed by atoms with Gasteiger partial charge in [0.2, 0.25) is 0 Å². The Morgan fingerprint density at radius 1 is 1.36 bits per heavy atom. The number of ether oxygens (including phenoxy) is 1. The van der Waals surface area contributed by atoms with E-state index in [2.05, 4.69) is 36.7 Å². The van der Waals surface area contributed by atoms with Gasteiger partial charge in [-0.05, 0) is 49.4 Å². The van der Waals surface area contributed by atoms with Gasteiger partial charge in [0.05, 0.1) is 6.61 Å². The highest BCUT2D eigenvalue weighted by Crippen LogP contribution is 2.20. The first-order valence-corrected chi connectivity index (χ1v) is 10.3. The van der Waals surface area contributed by atoms with E-state index in [1.54, 1.807) is 7.11 Å². The molecule has 2 N–H and O–H groups in total. The maximum absolute atomic E-state index is 12.6. The average Bonchev–Trinajstić information content (AvgIpc) is 2.68. The lowest BCUT2D eigenvalue weighted by Gasteiger charge is -2.38. The summed E-state index contributed by atoms with van der Waals surface area (Å²) in [7, 11) is 1.74. The van der Waals surface area contributed by atoms with Crippen molar-refractivity contribution in [2.24, 2.45) is 10.7 Å². The smallest absolute Gasteiger partial charge is 0.280 e. The Kier molecular flexibility index (Phi) is 8.45. The first-order valence-electron chi connectivity index (χ1n) is 10.3. The number of carbonyl (C=O) groups is 1. The Morgan fingerprint density at radius 2 is 2.04 bits per heavy atom. The highest BCUT2D eigenvalue weighted by molar-refractivity contribution is 6.03. The molecule has 156 valence electrons. The number of guanidine groups is 1. The Bertz CT molecular complexity index is 679. The van der Waals surface area contributed by atoms with Crippen molar-refractivity contribution in [2.75, 3.05) is 39.9 Å². The molecule has 6 nitrogen and oxygen atoms in total. The third-order valence-corrected chi connectivity index (χ3v) is 5.66. The Morgan fingerprint density at radius 3 is 2.57 bits per heavy atom. The van der Waals surface area contributed by atoms with Gasteiger partial charge in [0.15, 0.2) is 5.96 Å². The van der Waals surface area contributed by atoms with E-state index < -0.39 is 0 Å². The number of amides is 1. The number of hydrogen-bond donors (Lipinski definition) is 1. The number of likely N-dealkylation sites (N-methyl/N-ethyl adjacent to an activating group) is 1. The molecular formula is C22H36N4O2. The lowest BCUT2D eigenvalue weighted by molar-refractivity contribution is 0.0958. The maximum Gasteiger partial charge on any atom is 0.280 e.